The predicted molar refractivity (Wildman–Crippen MR) is 66.5 cm³/mol. The van der Waals surface area contributed by atoms with E-state index in [4.69, 9.17) is 21.7 Å². The molecular weight excluding hydrogens is 296 g/mol. The topological polar surface area (TPSA) is 129 Å². The van der Waals surface area contributed by atoms with Crippen molar-refractivity contribution in [3.63, 3.8) is 0 Å². The number of hydrogen-bond acceptors (Lipinski definition) is 4. The minimum Gasteiger partial charge on any atom is -0.676 e. The SMILES string of the molecule is [Fe+4].[NH-]CCN(CCN(CC[NH-])CC(=O)O)CC(=O)O. The van der Waals surface area contributed by atoms with E-state index >= 15 is 0 Å². The zero-order valence-corrected chi connectivity index (χ0v) is 11.7. The van der Waals surface area contributed by atoms with Gasteiger partial charge in [0.15, 0.2) is 0 Å². The summed E-state index contributed by atoms with van der Waals surface area (Å²) in [5.41, 5.74) is 14.2. The van der Waals surface area contributed by atoms with Crippen molar-refractivity contribution < 1.29 is 36.9 Å². The predicted octanol–water partition coefficient (Wildman–Crippen LogP) is -0.138. The van der Waals surface area contributed by atoms with Crippen LogP contribution in [0.1, 0.15) is 0 Å². The summed E-state index contributed by atoms with van der Waals surface area (Å²) < 4.78 is 0. The van der Waals surface area contributed by atoms with Crippen molar-refractivity contribution in [3.05, 3.63) is 11.5 Å². The number of aliphatic carboxylic acids is 2. The smallest absolute Gasteiger partial charge is 0.676 e. The fourth-order valence-corrected chi connectivity index (χ4v) is 1.52. The van der Waals surface area contributed by atoms with E-state index in [1.807, 2.05) is 0 Å². The Hall–Kier alpha value is -0.701. The molecule has 0 unspecified atom stereocenters. The van der Waals surface area contributed by atoms with E-state index in [-0.39, 0.29) is 43.2 Å². The van der Waals surface area contributed by atoms with Crippen molar-refractivity contribution in [2.45, 2.75) is 0 Å². The van der Waals surface area contributed by atoms with Gasteiger partial charge in [0.2, 0.25) is 0 Å². The van der Waals surface area contributed by atoms with Crippen LogP contribution in [0, 0.1) is 0 Å². The molecule has 0 spiro atoms. The van der Waals surface area contributed by atoms with Crippen LogP contribution < -0.4 is 0 Å². The first kappa shape index (κ1) is 20.6. The Bertz CT molecular complexity index is 242. The molecule has 19 heavy (non-hydrogen) atoms. The molecule has 4 N–H and O–H groups in total. The van der Waals surface area contributed by atoms with Gasteiger partial charge in [0.25, 0.3) is 0 Å². The second kappa shape index (κ2) is 12.3. The van der Waals surface area contributed by atoms with Crippen LogP contribution in [0.25, 0.3) is 11.5 Å². The Balaban J connectivity index is 0. The van der Waals surface area contributed by atoms with E-state index in [1.54, 1.807) is 9.80 Å². The van der Waals surface area contributed by atoms with Crippen LogP contribution in [-0.4, -0.2) is 84.3 Å². The molecule has 0 saturated carbocycles. The van der Waals surface area contributed by atoms with E-state index in [1.165, 1.54) is 0 Å². The van der Waals surface area contributed by atoms with E-state index in [0.29, 0.717) is 26.2 Å². The fraction of sp³-hybridized carbons (Fsp3) is 0.800. The third-order valence-electron chi connectivity index (χ3n) is 2.31. The van der Waals surface area contributed by atoms with Gasteiger partial charge in [-0.3, -0.25) is 19.4 Å². The molecule has 0 amide bonds. The van der Waals surface area contributed by atoms with Gasteiger partial charge in [0, 0.05) is 13.1 Å². The summed E-state index contributed by atoms with van der Waals surface area (Å²) in [6, 6.07) is 0. The molecule has 0 saturated heterocycles. The van der Waals surface area contributed by atoms with E-state index in [2.05, 4.69) is 0 Å². The van der Waals surface area contributed by atoms with Crippen LogP contribution in [0.5, 0.6) is 0 Å². The molecule has 0 aliphatic carbocycles. The molecular formula is C10H20FeN4O4+2. The molecule has 0 radical (unpaired) electrons. The molecule has 0 aromatic rings. The summed E-state index contributed by atoms with van der Waals surface area (Å²) in [5, 5.41) is 17.4. The van der Waals surface area contributed by atoms with Crippen LogP contribution in [0.4, 0.5) is 0 Å². The summed E-state index contributed by atoms with van der Waals surface area (Å²) in [6.45, 7) is 1.36. The molecule has 9 heteroatoms. The van der Waals surface area contributed by atoms with Crippen molar-refractivity contribution in [2.24, 2.45) is 0 Å². The van der Waals surface area contributed by atoms with Crippen molar-refractivity contribution >= 4 is 11.9 Å². The van der Waals surface area contributed by atoms with Crippen molar-refractivity contribution in [2.75, 3.05) is 52.4 Å². The number of carbonyl (C=O) groups is 2. The third-order valence-corrected chi connectivity index (χ3v) is 2.31. The van der Waals surface area contributed by atoms with Crippen LogP contribution >= 0.6 is 0 Å². The zero-order chi connectivity index (χ0) is 14.0. The number of carboxylic acids is 2. The number of rotatable bonds is 11. The molecule has 0 atom stereocenters. The monoisotopic (exact) mass is 316 g/mol. The van der Waals surface area contributed by atoms with Crippen LogP contribution in [0.2, 0.25) is 0 Å². The Morgan fingerprint density at radius 2 is 1.11 bits per heavy atom. The molecule has 0 heterocycles. The van der Waals surface area contributed by atoms with Gasteiger partial charge in [-0.25, -0.2) is 0 Å². The van der Waals surface area contributed by atoms with Crippen molar-refractivity contribution in [3.8, 4) is 0 Å². The maximum atomic E-state index is 10.6. The first-order valence-electron chi connectivity index (χ1n) is 5.67. The Morgan fingerprint density at radius 1 is 0.789 bits per heavy atom. The van der Waals surface area contributed by atoms with Gasteiger partial charge in [0.05, 0.1) is 13.1 Å². The Labute approximate surface area is 123 Å². The maximum absolute atomic E-state index is 10.6. The molecule has 0 fully saturated rings. The van der Waals surface area contributed by atoms with Gasteiger partial charge in [-0.05, 0) is 13.1 Å². The first-order chi connectivity index (χ1) is 8.49. The molecule has 0 aliphatic rings. The summed E-state index contributed by atoms with van der Waals surface area (Å²) in [5.74, 6) is -1.93. The van der Waals surface area contributed by atoms with E-state index in [0.717, 1.165) is 0 Å². The Morgan fingerprint density at radius 3 is 1.32 bits per heavy atom. The number of carboxylic acid groups (broad SMARTS) is 2. The zero-order valence-electron chi connectivity index (χ0n) is 10.6. The largest absolute Gasteiger partial charge is 4.00 e. The van der Waals surface area contributed by atoms with Gasteiger partial charge >= 0.3 is 29.0 Å². The quantitative estimate of drug-likeness (QED) is 0.511. The Kier molecular flexibility index (Phi) is 13.4. The molecule has 0 bridgehead atoms. The fourth-order valence-electron chi connectivity index (χ4n) is 1.52. The third kappa shape index (κ3) is 12.1. The van der Waals surface area contributed by atoms with Crippen LogP contribution in [-0.2, 0) is 26.7 Å². The van der Waals surface area contributed by atoms with Gasteiger partial charge < -0.3 is 21.7 Å². The maximum Gasteiger partial charge on any atom is 4.00 e. The summed E-state index contributed by atoms with van der Waals surface area (Å²) >= 11 is 0. The minimum absolute atomic E-state index is 0. The number of hydrogen-bond donors (Lipinski definition) is 2. The van der Waals surface area contributed by atoms with Gasteiger partial charge in [0.1, 0.15) is 0 Å². The van der Waals surface area contributed by atoms with Crippen LogP contribution in [0.15, 0.2) is 0 Å². The molecule has 0 aromatic heterocycles. The average molecular weight is 316 g/mol. The van der Waals surface area contributed by atoms with E-state index < -0.39 is 11.9 Å². The number of nitrogens with one attached hydrogen (secondary N) is 2. The molecule has 0 rings (SSSR count). The van der Waals surface area contributed by atoms with Gasteiger partial charge in [-0.15, -0.1) is 13.1 Å². The van der Waals surface area contributed by atoms with Gasteiger partial charge in [-0.2, -0.15) is 0 Å². The second-order valence-corrected chi connectivity index (χ2v) is 3.84. The molecule has 8 nitrogen and oxygen atoms in total. The number of nitrogens with zero attached hydrogens (tertiary/aromatic N) is 2. The van der Waals surface area contributed by atoms with Gasteiger partial charge in [-0.1, -0.05) is 0 Å². The van der Waals surface area contributed by atoms with E-state index in [9.17, 15) is 9.59 Å². The second-order valence-electron chi connectivity index (χ2n) is 3.84. The molecule has 110 valence electrons. The van der Waals surface area contributed by atoms with Crippen molar-refractivity contribution in [1.82, 2.24) is 9.80 Å². The summed E-state index contributed by atoms with van der Waals surface area (Å²) in [4.78, 5) is 24.4. The summed E-state index contributed by atoms with van der Waals surface area (Å²) in [6.07, 6.45) is 0. The van der Waals surface area contributed by atoms with Crippen LogP contribution in [0.3, 0.4) is 0 Å². The normalized spacial score (nSPS) is 10.5. The molecule has 0 aliphatic heterocycles. The van der Waals surface area contributed by atoms with Crippen molar-refractivity contribution in [1.29, 1.82) is 0 Å². The standard InChI is InChI=1S/C10H20N4O4.Fe/c11-1-3-13(7-9(15)16)5-6-14(4-2-12)8-10(17)18;/h11-12H,1-8H2,(H,15,16)(H,17,18);/q-2;+4. The minimum atomic E-state index is -0.964. The average Bonchev–Trinajstić information content (AvgIpc) is 2.24. The molecule has 0 aromatic carbocycles. The summed E-state index contributed by atoms with van der Waals surface area (Å²) in [7, 11) is 0. The first-order valence-corrected chi connectivity index (χ1v) is 5.67.